The van der Waals surface area contributed by atoms with E-state index in [0.717, 1.165) is 67.9 Å². The standard InChI is InChI=1S/C22H26N4O2/c27-22(16-6-3-7-16)23-13-18-12-19-14-25(9-4-10-26(19)24-18)15-20-11-17-5-1-2-8-21(17)28-20/h1-2,5,8,11-12,16H,3-4,6-7,9-10,13-15H2,(H,23,27). The number of hydrogen-bond donors (Lipinski definition) is 1. The first-order valence-electron chi connectivity index (χ1n) is 10.3. The van der Waals surface area contributed by atoms with Crippen molar-refractivity contribution in [1.29, 1.82) is 0 Å². The van der Waals surface area contributed by atoms with Gasteiger partial charge < -0.3 is 9.73 Å². The number of hydrogen-bond acceptors (Lipinski definition) is 4. The molecule has 0 spiro atoms. The van der Waals surface area contributed by atoms with Crippen molar-refractivity contribution >= 4 is 16.9 Å². The lowest BCUT2D eigenvalue weighted by molar-refractivity contribution is -0.127. The van der Waals surface area contributed by atoms with Crippen LogP contribution in [0, 0.1) is 5.92 Å². The highest BCUT2D eigenvalue weighted by atomic mass is 16.3. The molecule has 28 heavy (non-hydrogen) atoms. The maximum absolute atomic E-state index is 12.1. The first kappa shape index (κ1) is 17.5. The van der Waals surface area contributed by atoms with Crippen LogP contribution in [0.3, 0.4) is 0 Å². The minimum absolute atomic E-state index is 0.181. The van der Waals surface area contributed by atoms with E-state index in [0.29, 0.717) is 6.54 Å². The van der Waals surface area contributed by atoms with Gasteiger partial charge in [0.05, 0.1) is 24.5 Å². The van der Waals surface area contributed by atoms with E-state index in [1.54, 1.807) is 0 Å². The Hall–Kier alpha value is -2.60. The van der Waals surface area contributed by atoms with Crippen LogP contribution in [-0.2, 0) is 31.0 Å². The molecule has 0 bridgehead atoms. The Bertz CT molecular complexity index is 953. The van der Waals surface area contributed by atoms with E-state index in [-0.39, 0.29) is 11.8 Å². The van der Waals surface area contributed by atoms with Crippen molar-refractivity contribution in [3.63, 3.8) is 0 Å². The largest absolute Gasteiger partial charge is 0.460 e. The minimum atomic E-state index is 0.181. The molecule has 1 aromatic carbocycles. The second-order valence-corrected chi connectivity index (χ2v) is 8.01. The molecule has 1 N–H and O–H groups in total. The molecule has 2 aliphatic rings. The minimum Gasteiger partial charge on any atom is -0.460 e. The summed E-state index contributed by atoms with van der Waals surface area (Å²) in [6, 6.07) is 12.4. The lowest BCUT2D eigenvalue weighted by atomic mass is 9.85. The average molecular weight is 378 g/mol. The molecule has 146 valence electrons. The Balaban J connectivity index is 1.24. The van der Waals surface area contributed by atoms with Crippen molar-refractivity contribution in [3.8, 4) is 0 Å². The third-order valence-electron chi connectivity index (χ3n) is 5.92. The number of furan rings is 1. The van der Waals surface area contributed by atoms with Crippen molar-refractivity contribution < 1.29 is 9.21 Å². The fourth-order valence-corrected chi connectivity index (χ4v) is 4.14. The molecule has 1 saturated carbocycles. The quantitative estimate of drug-likeness (QED) is 0.739. The lowest BCUT2D eigenvalue weighted by Crippen LogP contribution is -2.34. The van der Waals surface area contributed by atoms with Crippen LogP contribution in [0.5, 0.6) is 0 Å². The van der Waals surface area contributed by atoms with E-state index >= 15 is 0 Å². The fraction of sp³-hybridized carbons (Fsp3) is 0.455. The van der Waals surface area contributed by atoms with Crippen LogP contribution in [0.4, 0.5) is 0 Å². The number of benzene rings is 1. The maximum atomic E-state index is 12.1. The molecule has 3 aromatic rings. The second kappa shape index (κ2) is 7.43. The van der Waals surface area contributed by atoms with Gasteiger partial charge in [0.25, 0.3) is 0 Å². The highest BCUT2D eigenvalue weighted by Crippen LogP contribution is 2.26. The number of para-hydroxylation sites is 1. The monoisotopic (exact) mass is 378 g/mol. The van der Waals surface area contributed by atoms with Crippen LogP contribution in [0.15, 0.2) is 40.8 Å². The zero-order valence-electron chi connectivity index (χ0n) is 16.1. The smallest absolute Gasteiger partial charge is 0.223 e. The number of nitrogens with zero attached hydrogens (tertiary/aromatic N) is 3. The summed E-state index contributed by atoms with van der Waals surface area (Å²) in [5.74, 6) is 1.41. The molecule has 6 nitrogen and oxygen atoms in total. The molecule has 2 aromatic heterocycles. The van der Waals surface area contributed by atoms with Crippen molar-refractivity contribution in [2.24, 2.45) is 5.92 Å². The predicted molar refractivity (Wildman–Crippen MR) is 106 cm³/mol. The number of aromatic nitrogens is 2. The highest BCUT2D eigenvalue weighted by Gasteiger charge is 2.25. The van der Waals surface area contributed by atoms with Crippen LogP contribution in [0.1, 0.15) is 42.8 Å². The molecule has 5 rings (SSSR count). The number of amides is 1. The first-order chi connectivity index (χ1) is 13.7. The van der Waals surface area contributed by atoms with E-state index in [4.69, 9.17) is 9.52 Å². The molecule has 1 aliphatic heterocycles. The van der Waals surface area contributed by atoms with Gasteiger partial charge in [-0.2, -0.15) is 5.10 Å². The van der Waals surface area contributed by atoms with Crippen LogP contribution < -0.4 is 5.32 Å². The Morgan fingerprint density at radius 1 is 1.18 bits per heavy atom. The summed E-state index contributed by atoms with van der Waals surface area (Å²) >= 11 is 0. The molecular weight excluding hydrogens is 352 g/mol. The van der Waals surface area contributed by atoms with Gasteiger partial charge in [-0.05, 0) is 37.5 Å². The van der Waals surface area contributed by atoms with Gasteiger partial charge in [0, 0.05) is 30.9 Å². The average Bonchev–Trinajstić information content (AvgIpc) is 3.17. The van der Waals surface area contributed by atoms with Crippen molar-refractivity contribution in [2.75, 3.05) is 6.54 Å². The number of aryl methyl sites for hydroxylation is 1. The fourth-order valence-electron chi connectivity index (χ4n) is 4.14. The van der Waals surface area contributed by atoms with Crippen molar-refractivity contribution in [2.45, 2.75) is 51.9 Å². The summed E-state index contributed by atoms with van der Waals surface area (Å²) in [5, 5.41) is 8.92. The second-order valence-electron chi connectivity index (χ2n) is 8.01. The molecule has 0 unspecified atom stereocenters. The van der Waals surface area contributed by atoms with E-state index < -0.39 is 0 Å². The third-order valence-corrected chi connectivity index (χ3v) is 5.92. The molecule has 1 aliphatic carbocycles. The summed E-state index contributed by atoms with van der Waals surface area (Å²) < 4.78 is 8.10. The number of nitrogens with one attached hydrogen (secondary N) is 1. The van der Waals surface area contributed by atoms with Gasteiger partial charge in [-0.25, -0.2) is 0 Å². The molecule has 1 amide bonds. The van der Waals surface area contributed by atoms with Gasteiger partial charge in [0.15, 0.2) is 0 Å². The summed E-state index contributed by atoms with van der Waals surface area (Å²) in [6.07, 6.45) is 4.30. The van der Waals surface area contributed by atoms with E-state index in [2.05, 4.69) is 33.1 Å². The van der Waals surface area contributed by atoms with Gasteiger partial charge in [0.1, 0.15) is 11.3 Å². The van der Waals surface area contributed by atoms with Gasteiger partial charge in [0.2, 0.25) is 5.91 Å². The Morgan fingerprint density at radius 2 is 2.07 bits per heavy atom. The van der Waals surface area contributed by atoms with Gasteiger partial charge in [-0.1, -0.05) is 24.6 Å². The van der Waals surface area contributed by atoms with Gasteiger partial charge in [-0.3, -0.25) is 14.4 Å². The topological polar surface area (TPSA) is 63.3 Å². The molecule has 0 saturated heterocycles. The predicted octanol–water partition coefficient (Wildman–Crippen LogP) is 3.45. The van der Waals surface area contributed by atoms with E-state index in [1.165, 1.54) is 12.1 Å². The molecule has 0 radical (unpaired) electrons. The molecule has 6 heteroatoms. The van der Waals surface area contributed by atoms with Gasteiger partial charge >= 0.3 is 0 Å². The van der Waals surface area contributed by atoms with E-state index in [9.17, 15) is 4.79 Å². The number of carbonyl (C=O) groups is 1. The number of fused-ring (bicyclic) bond motifs is 2. The van der Waals surface area contributed by atoms with Gasteiger partial charge in [-0.15, -0.1) is 0 Å². The molecule has 0 atom stereocenters. The summed E-state index contributed by atoms with van der Waals surface area (Å²) in [7, 11) is 0. The zero-order valence-corrected chi connectivity index (χ0v) is 16.1. The highest BCUT2D eigenvalue weighted by molar-refractivity contribution is 5.79. The van der Waals surface area contributed by atoms with Crippen molar-refractivity contribution in [3.05, 3.63) is 53.5 Å². The zero-order chi connectivity index (χ0) is 18.9. The SMILES string of the molecule is O=C(NCc1cc2n(n1)CCCN(Cc1cc3ccccc3o1)C2)C1CCC1. The normalized spacial score (nSPS) is 17.9. The van der Waals surface area contributed by atoms with Crippen LogP contribution in [-0.4, -0.2) is 27.1 Å². The summed E-state index contributed by atoms with van der Waals surface area (Å²) in [4.78, 5) is 14.5. The van der Waals surface area contributed by atoms with Crippen LogP contribution in [0.2, 0.25) is 0 Å². The lowest BCUT2D eigenvalue weighted by Gasteiger charge is -2.23. The van der Waals surface area contributed by atoms with Crippen LogP contribution in [0.25, 0.3) is 11.0 Å². The first-order valence-corrected chi connectivity index (χ1v) is 10.3. The summed E-state index contributed by atoms with van der Waals surface area (Å²) in [5.41, 5.74) is 3.11. The Morgan fingerprint density at radius 3 is 2.89 bits per heavy atom. The Kier molecular flexibility index (Phi) is 4.64. The summed E-state index contributed by atoms with van der Waals surface area (Å²) in [6.45, 7) is 4.11. The van der Waals surface area contributed by atoms with Crippen molar-refractivity contribution in [1.82, 2.24) is 20.0 Å². The maximum Gasteiger partial charge on any atom is 0.223 e. The molecular formula is C22H26N4O2. The van der Waals surface area contributed by atoms with Crippen LogP contribution >= 0.6 is 0 Å². The number of rotatable bonds is 5. The van der Waals surface area contributed by atoms with E-state index in [1.807, 2.05) is 18.2 Å². The third kappa shape index (κ3) is 3.56. The molecule has 1 fully saturated rings. The Labute approximate surface area is 164 Å². The molecule has 3 heterocycles. The number of carbonyl (C=O) groups excluding carboxylic acids is 1.